The minimum Gasteiger partial charge on any atom is -0.389 e. The van der Waals surface area contributed by atoms with Gasteiger partial charge in [0.1, 0.15) is 0 Å². The van der Waals surface area contributed by atoms with Crippen molar-refractivity contribution in [3.05, 3.63) is 69.7 Å². The van der Waals surface area contributed by atoms with E-state index in [1.807, 2.05) is 43.3 Å². The van der Waals surface area contributed by atoms with Gasteiger partial charge in [0.15, 0.2) is 0 Å². The minimum absolute atomic E-state index is 0.522. The lowest BCUT2D eigenvalue weighted by molar-refractivity contribution is 0.0369. The molecule has 1 atom stereocenters. The van der Waals surface area contributed by atoms with Crippen molar-refractivity contribution in [1.29, 1.82) is 0 Å². The molecule has 1 nitrogen and oxygen atoms in total. The maximum Gasteiger partial charge on any atom is 0.0726 e. The second-order valence-corrected chi connectivity index (χ2v) is 6.00. The third-order valence-electron chi connectivity index (χ3n) is 3.57. The molecule has 1 N–H and O–H groups in total. The van der Waals surface area contributed by atoms with E-state index in [0.717, 1.165) is 11.1 Å². The molecule has 0 fully saturated rings. The van der Waals surface area contributed by atoms with Gasteiger partial charge in [-0.25, -0.2) is 0 Å². The van der Waals surface area contributed by atoms with Gasteiger partial charge in [0.25, 0.3) is 0 Å². The number of aliphatic hydroxyl groups is 1. The highest BCUT2D eigenvalue weighted by Crippen LogP contribution is 2.28. The lowest BCUT2D eigenvalue weighted by atomic mass is 9.86. The first kappa shape index (κ1) is 15.4. The Bertz CT molecular complexity index is 568. The highest BCUT2D eigenvalue weighted by atomic mass is 35.5. The maximum atomic E-state index is 10.8. The van der Waals surface area contributed by atoms with Gasteiger partial charge in [-0.05, 0) is 29.7 Å². The first-order valence-corrected chi connectivity index (χ1v) is 7.48. The Hall–Kier alpha value is -1.02. The van der Waals surface area contributed by atoms with E-state index in [0.29, 0.717) is 29.3 Å². The lowest BCUT2D eigenvalue weighted by Gasteiger charge is -2.27. The van der Waals surface area contributed by atoms with Gasteiger partial charge in [0, 0.05) is 22.9 Å². The van der Waals surface area contributed by atoms with Crippen molar-refractivity contribution in [3.8, 4) is 0 Å². The van der Waals surface area contributed by atoms with Crippen LogP contribution in [0.1, 0.15) is 24.5 Å². The summed E-state index contributed by atoms with van der Waals surface area (Å²) in [6.45, 7) is 1.99. The van der Waals surface area contributed by atoms with Crippen LogP contribution in [0.15, 0.2) is 48.5 Å². The van der Waals surface area contributed by atoms with Crippen LogP contribution in [0.3, 0.4) is 0 Å². The van der Waals surface area contributed by atoms with Crippen molar-refractivity contribution < 1.29 is 5.11 Å². The highest BCUT2D eigenvalue weighted by Gasteiger charge is 2.26. The summed E-state index contributed by atoms with van der Waals surface area (Å²) >= 11 is 12.1. The summed E-state index contributed by atoms with van der Waals surface area (Å²) in [4.78, 5) is 0. The van der Waals surface area contributed by atoms with Gasteiger partial charge < -0.3 is 5.11 Å². The van der Waals surface area contributed by atoms with E-state index in [1.165, 1.54) is 0 Å². The molecule has 0 aromatic heterocycles. The first-order chi connectivity index (χ1) is 9.52. The van der Waals surface area contributed by atoms with Gasteiger partial charge >= 0.3 is 0 Å². The molecule has 0 aliphatic rings. The Balaban J connectivity index is 2.18. The van der Waals surface area contributed by atoms with Crippen molar-refractivity contribution >= 4 is 23.2 Å². The summed E-state index contributed by atoms with van der Waals surface area (Å²) in [6.07, 6.45) is 1.80. The summed E-state index contributed by atoms with van der Waals surface area (Å²) in [6, 6.07) is 15.4. The Morgan fingerprint density at radius 1 is 1.00 bits per heavy atom. The Morgan fingerprint density at radius 2 is 1.70 bits per heavy atom. The highest BCUT2D eigenvalue weighted by molar-refractivity contribution is 6.35. The average Bonchev–Trinajstić information content (AvgIpc) is 2.43. The number of benzene rings is 2. The molecule has 0 radical (unpaired) electrons. The van der Waals surface area contributed by atoms with Crippen LogP contribution < -0.4 is 0 Å². The molecule has 0 aliphatic heterocycles. The summed E-state index contributed by atoms with van der Waals surface area (Å²) in [7, 11) is 0. The Labute approximate surface area is 130 Å². The van der Waals surface area contributed by atoms with Crippen molar-refractivity contribution in [2.45, 2.75) is 31.8 Å². The van der Waals surface area contributed by atoms with Crippen LogP contribution in [-0.4, -0.2) is 10.7 Å². The molecular formula is C17H18Cl2O. The molecule has 0 spiro atoms. The first-order valence-electron chi connectivity index (χ1n) is 6.73. The largest absolute Gasteiger partial charge is 0.389 e. The van der Waals surface area contributed by atoms with Crippen molar-refractivity contribution in [2.24, 2.45) is 0 Å². The van der Waals surface area contributed by atoms with Crippen molar-refractivity contribution in [1.82, 2.24) is 0 Å². The molecular weight excluding hydrogens is 291 g/mol. The van der Waals surface area contributed by atoms with Gasteiger partial charge in [-0.2, -0.15) is 0 Å². The maximum absolute atomic E-state index is 10.8. The smallest absolute Gasteiger partial charge is 0.0726 e. The van der Waals surface area contributed by atoms with Gasteiger partial charge in [0.2, 0.25) is 0 Å². The van der Waals surface area contributed by atoms with Gasteiger partial charge in [-0.15, -0.1) is 0 Å². The molecule has 2 aromatic carbocycles. The van der Waals surface area contributed by atoms with Gasteiger partial charge in [-0.1, -0.05) is 66.5 Å². The van der Waals surface area contributed by atoms with Crippen LogP contribution in [0.4, 0.5) is 0 Å². The van der Waals surface area contributed by atoms with Crippen LogP contribution >= 0.6 is 23.2 Å². The predicted octanol–water partition coefficient (Wildman–Crippen LogP) is 4.92. The monoisotopic (exact) mass is 308 g/mol. The second-order valence-electron chi connectivity index (χ2n) is 5.15. The zero-order valence-electron chi connectivity index (χ0n) is 11.4. The third-order valence-corrected chi connectivity index (χ3v) is 4.16. The molecule has 0 saturated heterocycles. The molecule has 0 aliphatic carbocycles. The molecule has 0 saturated carbocycles. The summed E-state index contributed by atoms with van der Waals surface area (Å²) in [5.41, 5.74) is 1.26. The Morgan fingerprint density at radius 3 is 2.30 bits per heavy atom. The van der Waals surface area contributed by atoms with E-state index in [4.69, 9.17) is 23.2 Å². The molecule has 2 rings (SSSR count). The topological polar surface area (TPSA) is 20.2 Å². The summed E-state index contributed by atoms with van der Waals surface area (Å²) < 4.78 is 0. The van der Waals surface area contributed by atoms with E-state index in [2.05, 4.69) is 0 Å². The lowest BCUT2D eigenvalue weighted by Crippen LogP contribution is -2.33. The molecule has 106 valence electrons. The summed E-state index contributed by atoms with van der Waals surface area (Å²) in [5.74, 6) is 0. The predicted molar refractivity (Wildman–Crippen MR) is 85.6 cm³/mol. The van der Waals surface area contributed by atoms with Crippen LogP contribution in [0.25, 0.3) is 0 Å². The van der Waals surface area contributed by atoms with E-state index < -0.39 is 5.60 Å². The number of halogens is 2. The fourth-order valence-corrected chi connectivity index (χ4v) is 2.78. The number of rotatable bonds is 5. The van der Waals surface area contributed by atoms with Crippen LogP contribution in [0, 0.1) is 0 Å². The van der Waals surface area contributed by atoms with Crippen LogP contribution in [0.5, 0.6) is 0 Å². The number of hydrogen-bond donors (Lipinski definition) is 1. The van der Waals surface area contributed by atoms with Gasteiger partial charge in [-0.3, -0.25) is 0 Å². The summed E-state index contributed by atoms with van der Waals surface area (Å²) in [5, 5.41) is 12.1. The quantitative estimate of drug-likeness (QED) is 0.831. The van der Waals surface area contributed by atoms with Crippen LogP contribution in [-0.2, 0) is 12.8 Å². The third kappa shape index (κ3) is 3.99. The zero-order chi connectivity index (χ0) is 14.6. The zero-order valence-corrected chi connectivity index (χ0v) is 13.0. The SMILES string of the molecule is CCC(O)(Cc1ccccc1)Cc1ccc(Cl)cc1Cl. The normalized spacial score (nSPS) is 14.0. The molecule has 1 unspecified atom stereocenters. The molecule has 0 heterocycles. The second kappa shape index (κ2) is 6.62. The average molecular weight is 309 g/mol. The van der Waals surface area contributed by atoms with E-state index >= 15 is 0 Å². The minimum atomic E-state index is -0.793. The molecule has 3 heteroatoms. The fraction of sp³-hybridized carbons (Fsp3) is 0.294. The molecule has 20 heavy (non-hydrogen) atoms. The standard InChI is InChI=1S/C17H18Cl2O/c1-2-17(20,11-13-6-4-3-5-7-13)12-14-8-9-15(18)10-16(14)19/h3-10,20H,2,11-12H2,1H3. The van der Waals surface area contributed by atoms with Crippen LogP contribution in [0.2, 0.25) is 10.0 Å². The number of hydrogen-bond acceptors (Lipinski definition) is 1. The fourth-order valence-electron chi connectivity index (χ4n) is 2.31. The van der Waals surface area contributed by atoms with E-state index in [-0.39, 0.29) is 0 Å². The molecule has 0 amide bonds. The van der Waals surface area contributed by atoms with Gasteiger partial charge in [0.05, 0.1) is 5.60 Å². The molecule has 0 bridgehead atoms. The molecule has 2 aromatic rings. The van der Waals surface area contributed by atoms with Crippen molar-refractivity contribution in [3.63, 3.8) is 0 Å². The van der Waals surface area contributed by atoms with Crippen molar-refractivity contribution in [2.75, 3.05) is 0 Å². The van der Waals surface area contributed by atoms with E-state index in [1.54, 1.807) is 12.1 Å². The Kier molecular flexibility index (Phi) is 5.09. The van der Waals surface area contributed by atoms with E-state index in [9.17, 15) is 5.11 Å².